The third-order valence-corrected chi connectivity index (χ3v) is 5.92. The summed E-state index contributed by atoms with van der Waals surface area (Å²) in [6.45, 7) is 15.0. The summed E-state index contributed by atoms with van der Waals surface area (Å²) in [6.07, 6.45) is 1.21. The average molecular weight is 638 g/mol. The molecule has 0 spiro atoms. The molecule has 2 amide bonds. The van der Waals surface area contributed by atoms with Gasteiger partial charge in [0.25, 0.3) is 0 Å². The van der Waals surface area contributed by atoms with E-state index in [2.05, 4.69) is 10.6 Å². The molecule has 0 unspecified atom stereocenters. The van der Waals surface area contributed by atoms with Crippen LogP contribution in [0.15, 0.2) is 0 Å². The monoisotopic (exact) mass is 637 g/mol. The molecular formula is C30H59N3O11. The van der Waals surface area contributed by atoms with Gasteiger partial charge in [-0.2, -0.15) is 0 Å². The van der Waals surface area contributed by atoms with E-state index in [1.54, 1.807) is 11.8 Å². The normalized spacial score (nSPS) is 11.2. The highest BCUT2D eigenvalue weighted by molar-refractivity contribution is 5.80. The van der Waals surface area contributed by atoms with E-state index in [1.165, 1.54) is 0 Å². The van der Waals surface area contributed by atoms with Gasteiger partial charge in [0.1, 0.15) is 5.78 Å². The van der Waals surface area contributed by atoms with Crippen molar-refractivity contribution < 1.29 is 52.3 Å². The van der Waals surface area contributed by atoms with E-state index in [1.807, 2.05) is 13.8 Å². The Labute approximate surface area is 264 Å². The van der Waals surface area contributed by atoms with E-state index in [9.17, 15) is 14.4 Å². The zero-order valence-electron chi connectivity index (χ0n) is 27.4. The quantitative estimate of drug-likeness (QED) is 0.0929. The van der Waals surface area contributed by atoms with Gasteiger partial charge in [-0.15, -0.1) is 0 Å². The van der Waals surface area contributed by atoms with Gasteiger partial charge in [0, 0.05) is 45.6 Å². The second kappa shape index (κ2) is 34.1. The summed E-state index contributed by atoms with van der Waals surface area (Å²) in [4.78, 5) is 37.0. The van der Waals surface area contributed by atoms with Crippen molar-refractivity contribution in [2.24, 2.45) is 0 Å². The minimum atomic E-state index is -0.0484. The standard InChI is InChI=1S/C30H59N3O11/c1-4-28(34)27-31-8-13-39-20-22-41-15-10-33(11-16-42-23-21-40-14-9-32-29(35)5-2)30(36)7-12-38-19-24-44-26-25-43-18-17-37-6-3/h31H,4-27H2,1-3H3,(H,32,35). The van der Waals surface area contributed by atoms with Gasteiger partial charge >= 0.3 is 0 Å². The summed E-state index contributed by atoms with van der Waals surface area (Å²) < 4.78 is 43.9. The second-order valence-electron chi connectivity index (χ2n) is 9.39. The van der Waals surface area contributed by atoms with Crippen LogP contribution >= 0.6 is 0 Å². The number of rotatable bonds is 35. The van der Waals surface area contributed by atoms with Crippen LogP contribution in [-0.4, -0.2) is 161 Å². The van der Waals surface area contributed by atoms with Gasteiger partial charge in [0.2, 0.25) is 11.8 Å². The zero-order valence-corrected chi connectivity index (χ0v) is 27.4. The first-order chi connectivity index (χ1) is 21.5. The lowest BCUT2D eigenvalue weighted by Gasteiger charge is -2.23. The number of carbonyl (C=O) groups excluding carboxylic acids is 3. The Hall–Kier alpha value is -1.75. The van der Waals surface area contributed by atoms with Gasteiger partial charge in [-0.3, -0.25) is 14.4 Å². The molecule has 0 atom stereocenters. The molecule has 0 heterocycles. The van der Waals surface area contributed by atoms with Crippen molar-refractivity contribution in [3.05, 3.63) is 0 Å². The summed E-state index contributed by atoms with van der Waals surface area (Å²) in [6, 6.07) is 0. The molecule has 0 aromatic carbocycles. The summed E-state index contributed by atoms with van der Waals surface area (Å²) in [7, 11) is 0. The Balaban J connectivity index is 4.12. The number of carbonyl (C=O) groups is 3. The number of ether oxygens (including phenoxy) is 8. The molecule has 0 aliphatic heterocycles. The van der Waals surface area contributed by atoms with Gasteiger partial charge in [0.05, 0.1) is 112 Å². The minimum Gasteiger partial charge on any atom is -0.379 e. The van der Waals surface area contributed by atoms with Crippen molar-refractivity contribution in [3.63, 3.8) is 0 Å². The molecule has 44 heavy (non-hydrogen) atoms. The Morgan fingerprint density at radius 2 is 0.977 bits per heavy atom. The largest absolute Gasteiger partial charge is 0.379 e. The molecular weight excluding hydrogens is 578 g/mol. The number of amides is 2. The molecule has 0 radical (unpaired) electrons. The maximum Gasteiger partial charge on any atom is 0.225 e. The molecule has 14 nitrogen and oxygen atoms in total. The fourth-order valence-electron chi connectivity index (χ4n) is 3.36. The average Bonchev–Trinajstić information content (AvgIpc) is 3.03. The van der Waals surface area contributed by atoms with Crippen molar-refractivity contribution in [1.29, 1.82) is 0 Å². The fourth-order valence-corrected chi connectivity index (χ4v) is 3.36. The van der Waals surface area contributed by atoms with Crippen molar-refractivity contribution >= 4 is 17.6 Å². The summed E-state index contributed by atoms with van der Waals surface area (Å²) >= 11 is 0. The van der Waals surface area contributed by atoms with E-state index in [4.69, 9.17) is 37.9 Å². The maximum atomic E-state index is 12.8. The number of Topliss-reactive ketones (excluding diaryl/α,β-unsaturated/α-hetero) is 1. The number of hydrogen-bond donors (Lipinski definition) is 2. The first-order valence-electron chi connectivity index (χ1n) is 15.9. The Kier molecular flexibility index (Phi) is 32.8. The lowest BCUT2D eigenvalue weighted by molar-refractivity contribution is -0.134. The molecule has 0 aliphatic carbocycles. The number of ketones is 1. The summed E-state index contributed by atoms with van der Waals surface area (Å²) in [5.41, 5.74) is 0. The third-order valence-electron chi connectivity index (χ3n) is 5.92. The number of hydrogen-bond acceptors (Lipinski definition) is 12. The molecule has 2 N–H and O–H groups in total. The SMILES string of the molecule is CCOCCOCCOCCOCCC(=O)N(CCOCCOCCNCC(=O)CC)CCOCCOCCNC(=O)CC. The molecule has 260 valence electrons. The van der Waals surface area contributed by atoms with Gasteiger partial charge in [-0.25, -0.2) is 0 Å². The van der Waals surface area contributed by atoms with Crippen LogP contribution in [0.2, 0.25) is 0 Å². The van der Waals surface area contributed by atoms with Crippen LogP contribution in [0.5, 0.6) is 0 Å². The molecule has 14 heteroatoms. The molecule has 0 rings (SSSR count). The maximum absolute atomic E-state index is 12.8. The Morgan fingerprint density at radius 3 is 1.48 bits per heavy atom. The lowest BCUT2D eigenvalue weighted by atomic mass is 10.3. The van der Waals surface area contributed by atoms with Crippen molar-refractivity contribution in [2.45, 2.75) is 40.0 Å². The topological polar surface area (TPSA) is 152 Å². The first kappa shape index (κ1) is 42.2. The van der Waals surface area contributed by atoms with E-state index in [0.717, 1.165) is 0 Å². The van der Waals surface area contributed by atoms with E-state index in [-0.39, 0.29) is 24.0 Å². The zero-order chi connectivity index (χ0) is 32.4. The lowest BCUT2D eigenvalue weighted by Crippen LogP contribution is -2.37. The molecule has 0 bridgehead atoms. The first-order valence-corrected chi connectivity index (χ1v) is 15.9. The van der Waals surface area contributed by atoms with E-state index < -0.39 is 0 Å². The second-order valence-corrected chi connectivity index (χ2v) is 9.39. The van der Waals surface area contributed by atoms with Crippen LogP contribution in [-0.2, 0) is 52.3 Å². The predicted molar refractivity (Wildman–Crippen MR) is 165 cm³/mol. The van der Waals surface area contributed by atoms with Crippen LogP contribution in [0.25, 0.3) is 0 Å². The van der Waals surface area contributed by atoms with Crippen LogP contribution in [0, 0.1) is 0 Å². The third kappa shape index (κ3) is 30.3. The Bertz CT molecular complexity index is 674. The van der Waals surface area contributed by atoms with E-state index in [0.29, 0.717) is 151 Å². The summed E-state index contributed by atoms with van der Waals surface area (Å²) in [5.74, 6) is 0.118. The van der Waals surface area contributed by atoms with Gasteiger partial charge in [0.15, 0.2) is 0 Å². The highest BCUT2D eigenvalue weighted by Crippen LogP contribution is 1.98. The molecule has 0 saturated heterocycles. The van der Waals surface area contributed by atoms with Gasteiger partial charge < -0.3 is 53.4 Å². The molecule has 0 aromatic heterocycles. The van der Waals surface area contributed by atoms with Crippen molar-refractivity contribution in [3.8, 4) is 0 Å². The predicted octanol–water partition coefficient (Wildman–Crippen LogP) is 0.453. The van der Waals surface area contributed by atoms with E-state index >= 15 is 0 Å². The number of nitrogens with one attached hydrogen (secondary N) is 2. The van der Waals surface area contributed by atoms with Crippen LogP contribution in [0.4, 0.5) is 0 Å². The minimum absolute atomic E-state index is 0.00598. The van der Waals surface area contributed by atoms with Crippen LogP contribution < -0.4 is 10.6 Å². The molecule has 0 aliphatic rings. The van der Waals surface area contributed by atoms with Crippen molar-refractivity contribution in [2.75, 3.05) is 138 Å². The molecule has 0 fully saturated rings. The Morgan fingerprint density at radius 1 is 0.523 bits per heavy atom. The number of nitrogens with zero attached hydrogens (tertiary/aromatic N) is 1. The smallest absolute Gasteiger partial charge is 0.225 e. The van der Waals surface area contributed by atoms with Gasteiger partial charge in [-0.05, 0) is 6.92 Å². The highest BCUT2D eigenvalue weighted by atomic mass is 16.6. The fraction of sp³-hybridized carbons (Fsp3) is 0.900. The highest BCUT2D eigenvalue weighted by Gasteiger charge is 2.13. The van der Waals surface area contributed by atoms with Crippen molar-refractivity contribution in [1.82, 2.24) is 15.5 Å². The van der Waals surface area contributed by atoms with Gasteiger partial charge in [-0.1, -0.05) is 13.8 Å². The summed E-state index contributed by atoms with van der Waals surface area (Å²) in [5, 5.41) is 5.78. The molecule has 0 aromatic rings. The molecule has 0 saturated carbocycles. The van der Waals surface area contributed by atoms with Crippen LogP contribution in [0.3, 0.4) is 0 Å². The van der Waals surface area contributed by atoms with Crippen LogP contribution in [0.1, 0.15) is 40.0 Å².